The molecular formula is C52H28N6. The van der Waals surface area contributed by atoms with Gasteiger partial charge in [0, 0.05) is 27.1 Å². The average molecular weight is 737 g/mol. The number of nitrogens with zero attached hydrogens (tertiary/aromatic N) is 6. The SMILES string of the molecule is N#Cc1ccc(-c2ccc3c(c2)c2ccccc2n3-c2cc(C#N)c(-c3cccc(C#N)c3)cc2-n2c3ccccc3c3cc(-c4ccc(C#N)cc4)ccc32)cc1. The third-order valence-electron chi connectivity index (χ3n) is 11.1. The maximum atomic E-state index is 10.8. The number of aromatic nitrogens is 2. The van der Waals surface area contributed by atoms with Crippen molar-refractivity contribution in [1.29, 1.82) is 21.0 Å². The number of nitriles is 4. The first-order valence-electron chi connectivity index (χ1n) is 18.7. The molecule has 6 nitrogen and oxygen atoms in total. The predicted octanol–water partition coefficient (Wildman–Crippen LogP) is 12.4. The molecule has 0 bridgehead atoms. The van der Waals surface area contributed by atoms with Gasteiger partial charge in [-0.05, 0) is 113 Å². The van der Waals surface area contributed by atoms with E-state index in [0.717, 1.165) is 88.4 Å². The van der Waals surface area contributed by atoms with Gasteiger partial charge in [0.1, 0.15) is 0 Å². The Balaban J connectivity index is 1.29. The van der Waals surface area contributed by atoms with E-state index >= 15 is 0 Å². The summed E-state index contributed by atoms with van der Waals surface area (Å²) in [4.78, 5) is 0. The zero-order valence-corrected chi connectivity index (χ0v) is 30.8. The fraction of sp³-hybridized carbons (Fsp3) is 0. The average Bonchev–Trinajstić information content (AvgIpc) is 3.80. The number of rotatable bonds is 5. The van der Waals surface area contributed by atoms with Gasteiger partial charge in [0.25, 0.3) is 0 Å². The van der Waals surface area contributed by atoms with Crippen LogP contribution in [0.5, 0.6) is 0 Å². The van der Waals surface area contributed by atoms with Crippen LogP contribution in [0.3, 0.4) is 0 Å². The summed E-state index contributed by atoms with van der Waals surface area (Å²) >= 11 is 0. The molecule has 10 rings (SSSR count). The number of hydrogen-bond acceptors (Lipinski definition) is 4. The first kappa shape index (κ1) is 33.9. The van der Waals surface area contributed by atoms with Crippen molar-refractivity contribution in [2.24, 2.45) is 0 Å². The van der Waals surface area contributed by atoms with Crippen LogP contribution in [0.2, 0.25) is 0 Å². The number of benzene rings is 8. The van der Waals surface area contributed by atoms with E-state index in [-0.39, 0.29) is 0 Å². The van der Waals surface area contributed by atoms with E-state index in [4.69, 9.17) is 0 Å². The molecule has 0 amide bonds. The molecule has 6 heteroatoms. The van der Waals surface area contributed by atoms with E-state index in [1.54, 1.807) is 6.07 Å². The van der Waals surface area contributed by atoms with E-state index < -0.39 is 0 Å². The maximum absolute atomic E-state index is 10.8. The molecule has 2 aromatic heterocycles. The lowest BCUT2D eigenvalue weighted by atomic mass is 9.96. The van der Waals surface area contributed by atoms with E-state index in [1.165, 1.54) is 0 Å². The predicted molar refractivity (Wildman–Crippen MR) is 230 cm³/mol. The van der Waals surface area contributed by atoms with Crippen molar-refractivity contribution < 1.29 is 0 Å². The normalized spacial score (nSPS) is 11.0. The Bertz CT molecular complexity index is 3480. The summed E-state index contributed by atoms with van der Waals surface area (Å²) in [5.74, 6) is 0. The van der Waals surface area contributed by atoms with Crippen LogP contribution in [0.1, 0.15) is 22.3 Å². The molecule has 0 saturated heterocycles. The van der Waals surface area contributed by atoms with Crippen molar-refractivity contribution in [2.45, 2.75) is 0 Å². The summed E-state index contributed by atoms with van der Waals surface area (Å²) < 4.78 is 4.54. The van der Waals surface area contributed by atoms with Crippen LogP contribution in [-0.2, 0) is 0 Å². The van der Waals surface area contributed by atoms with Crippen LogP contribution in [0.25, 0.3) is 88.4 Å². The Morgan fingerprint density at radius 1 is 0.310 bits per heavy atom. The summed E-state index contributed by atoms with van der Waals surface area (Å²) in [5.41, 5.74) is 13.5. The van der Waals surface area contributed by atoms with Gasteiger partial charge in [0.15, 0.2) is 0 Å². The van der Waals surface area contributed by atoms with Crippen molar-refractivity contribution in [3.05, 3.63) is 192 Å². The van der Waals surface area contributed by atoms with Crippen LogP contribution in [0.4, 0.5) is 0 Å². The highest BCUT2D eigenvalue weighted by molar-refractivity contribution is 6.13. The van der Waals surface area contributed by atoms with Crippen LogP contribution in [0.15, 0.2) is 170 Å². The van der Waals surface area contributed by atoms with Crippen molar-refractivity contribution in [1.82, 2.24) is 9.13 Å². The summed E-state index contributed by atoms with van der Waals surface area (Å²) in [7, 11) is 0. The molecule has 0 aliphatic carbocycles. The van der Waals surface area contributed by atoms with Gasteiger partial charge < -0.3 is 9.13 Å². The largest absolute Gasteiger partial charge is 0.307 e. The molecule has 2 heterocycles. The Morgan fingerprint density at radius 2 is 0.776 bits per heavy atom. The van der Waals surface area contributed by atoms with Gasteiger partial charge >= 0.3 is 0 Å². The second kappa shape index (κ2) is 13.6. The van der Waals surface area contributed by atoms with Gasteiger partial charge in [-0.3, -0.25) is 0 Å². The molecule has 0 atom stereocenters. The van der Waals surface area contributed by atoms with Gasteiger partial charge in [-0.15, -0.1) is 0 Å². The lowest BCUT2D eigenvalue weighted by Crippen LogP contribution is -2.05. The number of hydrogen-bond donors (Lipinski definition) is 0. The first-order chi connectivity index (χ1) is 28.6. The topological polar surface area (TPSA) is 105 Å². The second-order valence-electron chi connectivity index (χ2n) is 14.2. The van der Waals surface area contributed by atoms with Crippen LogP contribution >= 0.6 is 0 Å². The van der Waals surface area contributed by atoms with E-state index in [9.17, 15) is 21.0 Å². The molecular weight excluding hydrogens is 709 g/mol. The number of fused-ring (bicyclic) bond motifs is 6. The Morgan fingerprint density at radius 3 is 1.28 bits per heavy atom. The van der Waals surface area contributed by atoms with Crippen LogP contribution in [-0.4, -0.2) is 9.13 Å². The molecule has 58 heavy (non-hydrogen) atoms. The van der Waals surface area contributed by atoms with Gasteiger partial charge in [-0.1, -0.05) is 84.9 Å². The van der Waals surface area contributed by atoms with Gasteiger partial charge in [0.2, 0.25) is 0 Å². The lowest BCUT2D eigenvalue weighted by Gasteiger charge is -2.19. The molecule has 0 aliphatic rings. The maximum Gasteiger partial charge on any atom is 0.0998 e. The van der Waals surface area contributed by atoms with Gasteiger partial charge in [-0.2, -0.15) is 21.0 Å². The fourth-order valence-electron chi connectivity index (χ4n) is 8.32. The second-order valence-corrected chi connectivity index (χ2v) is 14.2. The minimum Gasteiger partial charge on any atom is -0.307 e. The molecule has 0 spiro atoms. The summed E-state index contributed by atoms with van der Waals surface area (Å²) in [6, 6.07) is 65.6. The van der Waals surface area contributed by atoms with Crippen LogP contribution < -0.4 is 0 Å². The van der Waals surface area contributed by atoms with E-state index in [0.29, 0.717) is 22.3 Å². The van der Waals surface area contributed by atoms with Crippen molar-refractivity contribution in [3.8, 4) is 69.0 Å². The lowest BCUT2D eigenvalue weighted by molar-refractivity contribution is 1.09. The summed E-state index contributed by atoms with van der Waals surface area (Å²) in [6.07, 6.45) is 0. The Kier molecular flexibility index (Phi) is 7.92. The quantitative estimate of drug-likeness (QED) is 0.175. The highest BCUT2D eigenvalue weighted by Crippen LogP contribution is 2.42. The molecule has 0 radical (unpaired) electrons. The smallest absolute Gasteiger partial charge is 0.0998 e. The molecule has 0 N–H and O–H groups in total. The minimum atomic E-state index is 0.484. The monoisotopic (exact) mass is 736 g/mol. The third kappa shape index (κ3) is 5.38. The van der Waals surface area contributed by atoms with Crippen LogP contribution in [0, 0.1) is 45.3 Å². The van der Waals surface area contributed by atoms with Gasteiger partial charge in [0.05, 0.1) is 80.0 Å². The molecule has 0 saturated carbocycles. The molecule has 8 aromatic carbocycles. The summed E-state index contributed by atoms with van der Waals surface area (Å²) in [6.45, 7) is 0. The van der Waals surface area contributed by atoms with Crippen molar-refractivity contribution >= 4 is 43.6 Å². The highest BCUT2D eigenvalue weighted by atomic mass is 15.1. The standard InChI is InChI=1S/C52H28N6/c53-29-33-12-16-36(17-13-33)38-20-22-49-45(25-38)42-8-1-3-10-47(42)57(49)51-27-41(32-56)44(40-7-5-6-35(24-40)31-55)28-52(51)58-48-11-4-2-9-43(48)46-26-39(21-23-50(46)58)37-18-14-34(30-54)15-19-37/h1-28H. The minimum absolute atomic E-state index is 0.484. The summed E-state index contributed by atoms with van der Waals surface area (Å²) in [5, 5.41) is 43.7. The Labute approximate surface area is 333 Å². The Hall–Kier alpha value is -8.68. The zero-order chi connectivity index (χ0) is 39.3. The van der Waals surface area contributed by atoms with E-state index in [2.05, 4.69) is 106 Å². The molecule has 0 unspecified atom stereocenters. The fourth-order valence-corrected chi connectivity index (χ4v) is 8.32. The van der Waals surface area contributed by atoms with Crippen molar-refractivity contribution in [2.75, 3.05) is 0 Å². The number of para-hydroxylation sites is 2. The van der Waals surface area contributed by atoms with E-state index in [1.807, 2.05) is 91.0 Å². The molecule has 0 fully saturated rings. The van der Waals surface area contributed by atoms with Crippen molar-refractivity contribution in [3.63, 3.8) is 0 Å². The van der Waals surface area contributed by atoms with Gasteiger partial charge in [-0.25, -0.2) is 0 Å². The third-order valence-corrected chi connectivity index (χ3v) is 11.1. The molecule has 0 aliphatic heterocycles. The molecule has 266 valence electrons. The zero-order valence-electron chi connectivity index (χ0n) is 30.8. The molecule has 10 aromatic rings. The highest BCUT2D eigenvalue weighted by Gasteiger charge is 2.23. The first-order valence-corrected chi connectivity index (χ1v) is 18.7.